The van der Waals surface area contributed by atoms with Crippen molar-refractivity contribution in [1.82, 2.24) is 4.98 Å². The lowest BCUT2D eigenvalue weighted by atomic mass is 10.2. The fraction of sp³-hybridized carbons (Fsp3) is 0.286. The lowest BCUT2D eigenvalue weighted by Crippen LogP contribution is -2.05. The van der Waals surface area contributed by atoms with Crippen molar-refractivity contribution >= 4 is 11.6 Å². The number of aromatic nitrogens is 1. The molecule has 0 radical (unpaired) electrons. The molecule has 2 N–H and O–H groups in total. The first kappa shape index (κ1) is 7.51. The minimum Gasteiger partial charge on any atom is -0.324 e. The molecule has 0 bridgehead atoms. The van der Waals surface area contributed by atoms with Crippen LogP contribution in [0.25, 0.3) is 0 Å². The van der Waals surface area contributed by atoms with Gasteiger partial charge in [-0.05, 0) is 13.0 Å². The first-order valence-corrected chi connectivity index (χ1v) is 3.44. The number of rotatable bonds is 1. The summed E-state index contributed by atoms with van der Waals surface area (Å²) < 4.78 is 0. The Morgan fingerprint density at radius 1 is 1.70 bits per heavy atom. The van der Waals surface area contributed by atoms with E-state index in [0.717, 1.165) is 5.56 Å². The van der Waals surface area contributed by atoms with E-state index in [-0.39, 0.29) is 6.04 Å². The summed E-state index contributed by atoms with van der Waals surface area (Å²) in [5.41, 5.74) is 6.48. The second-order valence-corrected chi connectivity index (χ2v) is 2.59. The van der Waals surface area contributed by atoms with Crippen molar-refractivity contribution in [3.8, 4) is 0 Å². The highest BCUT2D eigenvalue weighted by Crippen LogP contribution is 2.18. The van der Waals surface area contributed by atoms with Gasteiger partial charge < -0.3 is 5.73 Å². The highest BCUT2D eigenvalue weighted by atomic mass is 35.5. The molecule has 1 aromatic heterocycles. The van der Waals surface area contributed by atoms with Crippen LogP contribution >= 0.6 is 11.6 Å². The molecule has 0 aromatic carbocycles. The van der Waals surface area contributed by atoms with Crippen LogP contribution in [0.3, 0.4) is 0 Å². The number of halogens is 1. The molecule has 54 valence electrons. The third-order valence-electron chi connectivity index (χ3n) is 1.29. The largest absolute Gasteiger partial charge is 0.324 e. The van der Waals surface area contributed by atoms with E-state index in [1.54, 1.807) is 18.5 Å². The second kappa shape index (κ2) is 2.99. The first-order chi connectivity index (χ1) is 4.72. The zero-order valence-electron chi connectivity index (χ0n) is 5.71. The monoisotopic (exact) mass is 156 g/mol. The minimum absolute atomic E-state index is 0.0406. The summed E-state index contributed by atoms with van der Waals surface area (Å²) in [5, 5.41) is 0.685. The van der Waals surface area contributed by atoms with Gasteiger partial charge in [0.05, 0.1) is 0 Å². The SMILES string of the molecule is C[C@H](N)c1cnccc1Cl. The summed E-state index contributed by atoms with van der Waals surface area (Å²) in [6, 6.07) is 1.70. The number of nitrogens with zero attached hydrogens (tertiary/aromatic N) is 1. The van der Waals surface area contributed by atoms with Gasteiger partial charge >= 0.3 is 0 Å². The van der Waals surface area contributed by atoms with Crippen LogP contribution in [-0.4, -0.2) is 4.98 Å². The average Bonchev–Trinajstić information content (AvgIpc) is 1.88. The zero-order chi connectivity index (χ0) is 7.56. The van der Waals surface area contributed by atoms with Gasteiger partial charge in [-0.2, -0.15) is 0 Å². The Bertz CT molecular complexity index is 223. The van der Waals surface area contributed by atoms with Gasteiger partial charge in [-0.3, -0.25) is 4.98 Å². The van der Waals surface area contributed by atoms with E-state index < -0.39 is 0 Å². The second-order valence-electron chi connectivity index (χ2n) is 2.19. The van der Waals surface area contributed by atoms with E-state index in [1.807, 2.05) is 6.92 Å². The smallest absolute Gasteiger partial charge is 0.0484 e. The third-order valence-corrected chi connectivity index (χ3v) is 1.63. The summed E-state index contributed by atoms with van der Waals surface area (Å²) in [7, 11) is 0. The average molecular weight is 157 g/mol. The normalized spacial score (nSPS) is 13.1. The van der Waals surface area contributed by atoms with Crippen molar-refractivity contribution in [2.75, 3.05) is 0 Å². The van der Waals surface area contributed by atoms with Gasteiger partial charge in [0.15, 0.2) is 0 Å². The lowest BCUT2D eigenvalue weighted by molar-refractivity contribution is 0.812. The van der Waals surface area contributed by atoms with Crippen LogP contribution in [-0.2, 0) is 0 Å². The molecule has 1 aromatic rings. The van der Waals surface area contributed by atoms with Crippen LogP contribution in [0, 0.1) is 0 Å². The number of pyridine rings is 1. The summed E-state index contributed by atoms with van der Waals surface area (Å²) in [4.78, 5) is 3.90. The molecule has 0 saturated carbocycles. The summed E-state index contributed by atoms with van der Waals surface area (Å²) in [5.74, 6) is 0. The van der Waals surface area contributed by atoms with E-state index in [1.165, 1.54) is 0 Å². The summed E-state index contributed by atoms with van der Waals surface area (Å²) in [6.07, 6.45) is 3.33. The third kappa shape index (κ3) is 1.46. The van der Waals surface area contributed by atoms with Crippen molar-refractivity contribution in [3.63, 3.8) is 0 Å². The van der Waals surface area contributed by atoms with Gasteiger partial charge in [-0.1, -0.05) is 11.6 Å². The van der Waals surface area contributed by atoms with Crippen molar-refractivity contribution in [3.05, 3.63) is 29.0 Å². The maximum Gasteiger partial charge on any atom is 0.0484 e. The standard InChI is InChI=1S/C7H9ClN2/c1-5(9)6-4-10-3-2-7(6)8/h2-5H,9H2,1H3/t5-/m0/s1. The Labute approximate surface area is 65.0 Å². The van der Waals surface area contributed by atoms with Crippen LogP contribution in [0.4, 0.5) is 0 Å². The van der Waals surface area contributed by atoms with Gasteiger partial charge in [0, 0.05) is 29.0 Å². The highest BCUT2D eigenvalue weighted by Gasteiger charge is 2.02. The molecule has 1 heterocycles. The van der Waals surface area contributed by atoms with Gasteiger partial charge in [0.25, 0.3) is 0 Å². The Hall–Kier alpha value is -0.600. The molecule has 3 heteroatoms. The van der Waals surface area contributed by atoms with Crippen LogP contribution in [0.5, 0.6) is 0 Å². The van der Waals surface area contributed by atoms with Gasteiger partial charge in [0.1, 0.15) is 0 Å². The molecule has 0 aliphatic carbocycles. The molecule has 10 heavy (non-hydrogen) atoms. The van der Waals surface area contributed by atoms with Gasteiger partial charge in [-0.25, -0.2) is 0 Å². The molecule has 0 spiro atoms. The Morgan fingerprint density at radius 3 is 2.80 bits per heavy atom. The number of nitrogens with two attached hydrogens (primary N) is 1. The van der Waals surface area contributed by atoms with E-state index in [0.29, 0.717) is 5.02 Å². The molecule has 0 aliphatic heterocycles. The molecule has 0 amide bonds. The fourth-order valence-corrected chi connectivity index (χ4v) is 1.00. The van der Waals surface area contributed by atoms with E-state index in [4.69, 9.17) is 17.3 Å². The predicted octanol–water partition coefficient (Wildman–Crippen LogP) is 1.75. The van der Waals surface area contributed by atoms with Crippen molar-refractivity contribution in [2.45, 2.75) is 13.0 Å². The molecular formula is C7H9ClN2. The quantitative estimate of drug-likeness (QED) is 0.673. The fourth-order valence-electron chi connectivity index (χ4n) is 0.725. The topological polar surface area (TPSA) is 38.9 Å². The Morgan fingerprint density at radius 2 is 2.40 bits per heavy atom. The van der Waals surface area contributed by atoms with E-state index in [2.05, 4.69) is 4.98 Å². The highest BCUT2D eigenvalue weighted by molar-refractivity contribution is 6.31. The lowest BCUT2D eigenvalue weighted by Gasteiger charge is -2.05. The van der Waals surface area contributed by atoms with Crippen molar-refractivity contribution in [2.24, 2.45) is 5.73 Å². The predicted molar refractivity (Wildman–Crippen MR) is 41.8 cm³/mol. The molecule has 0 saturated heterocycles. The number of hydrogen-bond donors (Lipinski definition) is 1. The maximum absolute atomic E-state index is 5.80. The summed E-state index contributed by atoms with van der Waals surface area (Å²) >= 11 is 5.80. The number of hydrogen-bond acceptors (Lipinski definition) is 2. The van der Waals surface area contributed by atoms with E-state index >= 15 is 0 Å². The first-order valence-electron chi connectivity index (χ1n) is 3.07. The minimum atomic E-state index is -0.0406. The van der Waals surface area contributed by atoms with E-state index in [9.17, 15) is 0 Å². The van der Waals surface area contributed by atoms with Crippen LogP contribution in [0.1, 0.15) is 18.5 Å². The van der Waals surface area contributed by atoms with Gasteiger partial charge in [-0.15, -0.1) is 0 Å². The zero-order valence-corrected chi connectivity index (χ0v) is 6.47. The molecule has 0 aliphatic rings. The van der Waals surface area contributed by atoms with Crippen molar-refractivity contribution < 1.29 is 0 Å². The molecule has 0 unspecified atom stereocenters. The summed E-state index contributed by atoms with van der Waals surface area (Å²) in [6.45, 7) is 1.88. The maximum atomic E-state index is 5.80. The van der Waals surface area contributed by atoms with Crippen LogP contribution in [0.15, 0.2) is 18.5 Å². The Kier molecular flexibility index (Phi) is 2.25. The Balaban J connectivity index is 3.03. The van der Waals surface area contributed by atoms with Crippen LogP contribution in [0.2, 0.25) is 5.02 Å². The molecule has 1 atom stereocenters. The molecule has 0 fully saturated rings. The molecule has 1 rings (SSSR count). The van der Waals surface area contributed by atoms with Crippen molar-refractivity contribution in [1.29, 1.82) is 0 Å². The molecular weight excluding hydrogens is 148 g/mol. The van der Waals surface area contributed by atoms with Gasteiger partial charge in [0.2, 0.25) is 0 Å². The molecule has 2 nitrogen and oxygen atoms in total. The van der Waals surface area contributed by atoms with Crippen LogP contribution < -0.4 is 5.73 Å².